The number of esters is 1. The quantitative estimate of drug-likeness (QED) is 0.407. The first-order valence-corrected chi connectivity index (χ1v) is 7.78. The highest BCUT2D eigenvalue weighted by Gasteiger charge is 2.22. The normalized spacial score (nSPS) is 15.4. The number of hydrogen-bond acceptors (Lipinski definition) is 2. The van der Waals surface area contributed by atoms with E-state index in [1.54, 1.807) is 0 Å². The first kappa shape index (κ1) is 20.1. The zero-order valence-corrected chi connectivity index (χ0v) is 15.8. The minimum Gasteiger partial charge on any atom is -1.00 e. The number of nitrogens with zero attached hydrogens (tertiary/aromatic N) is 1. The van der Waals surface area contributed by atoms with Crippen LogP contribution in [0.4, 0.5) is 0 Å². The molecule has 24 heavy (non-hydrogen) atoms. The van der Waals surface area contributed by atoms with Gasteiger partial charge in [-0.05, 0) is 29.7 Å². The molecule has 1 aliphatic rings. The molecule has 0 fully saturated rings. The highest BCUT2D eigenvalue weighted by atomic mass is 79.9. The number of carbonyl (C=O) groups excluding carboxylic acids is 1. The third-order valence-corrected chi connectivity index (χ3v) is 3.93. The zero-order valence-electron chi connectivity index (χ0n) is 14.2. The van der Waals surface area contributed by atoms with Gasteiger partial charge in [-0.2, -0.15) is 0 Å². The Labute approximate surface area is 155 Å². The average Bonchev–Trinajstić information content (AvgIpc) is 2.56. The summed E-state index contributed by atoms with van der Waals surface area (Å²) >= 11 is 0. The molecule has 3 nitrogen and oxygen atoms in total. The van der Waals surface area contributed by atoms with Crippen LogP contribution in [0.25, 0.3) is 6.08 Å². The lowest BCUT2D eigenvalue weighted by Gasteiger charge is -2.31. The molecule has 2 rings (SSSR count). The summed E-state index contributed by atoms with van der Waals surface area (Å²) in [6.07, 6.45) is 10.9. The molecule has 0 N–H and O–H groups in total. The van der Waals surface area contributed by atoms with Crippen LogP contribution in [-0.4, -0.2) is 37.7 Å². The van der Waals surface area contributed by atoms with Gasteiger partial charge in [0.05, 0.1) is 14.1 Å². The second kappa shape index (κ2) is 9.40. The topological polar surface area (TPSA) is 26.3 Å². The molecule has 0 saturated heterocycles. The van der Waals surface area contributed by atoms with Crippen LogP contribution in [0.5, 0.6) is 0 Å². The van der Waals surface area contributed by atoms with E-state index in [0.29, 0.717) is 11.1 Å². The molecular weight excluding hydrogens is 366 g/mol. The average molecular weight is 390 g/mol. The van der Waals surface area contributed by atoms with Crippen molar-refractivity contribution in [2.24, 2.45) is 0 Å². The molecule has 128 valence electrons. The van der Waals surface area contributed by atoms with Crippen molar-refractivity contribution >= 4 is 12.0 Å². The van der Waals surface area contributed by atoms with Crippen LogP contribution in [0.1, 0.15) is 12.0 Å². The molecule has 1 aromatic rings. The van der Waals surface area contributed by atoms with Gasteiger partial charge in [-0.15, -0.1) is 0 Å². The summed E-state index contributed by atoms with van der Waals surface area (Å²) in [5, 5.41) is 0. The van der Waals surface area contributed by atoms with Crippen molar-refractivity contribution in [1.29, 1.82) is 0 Å². The van der Waals surface area contributed by atoms with Crippen molar-refractivity contribution in [2.45, 2.75) is 6.42 Å². The standard InChI is InChI=1S/C20H24NO2.BrH/c1-4-20(22)23-15-14-21(2,3)19-12-10-18(11-13-19)16-17-8-6-5-7-9-17;/h4-10,12-13,16H,1,11,14-15H2,2-3H3;1H/q+1;/p-1. The third-order valence-electron chi connectivity index (χ3n) is 3.93. The lowest BCUT2D eigenvalue weighted by molar-refractivity contribution is -0.849. The van der Waals surface area contributed by atoms with Gasteiger partial charge in [0.25, 0.3) is 0 Å². The number of rotatable bonds is 6. The summed E-state index contributed by atoms with van der Waals surface area (Å²) < 4.78 is 5.76. The van der Waals surface area contributed by atoms with Crippen LogP contribution in [-0.2, 0) is 9.53 Å². The molecule has 0 spiro atoms. The van der Waals surface area contributed by atoms with Gasteiger partial charge in [-0.25, -0.2) is 4.79 Å². The van der Waals surface area contributed by atoms with Crippen molar-refractivity contribution in [1.82, 2.24) is 0 Å². The number of allylic oxidation sites excluding steroid dienone is 4. The molecule has 0 amide bonds. The second-order valence-electron chi connectivity index (χ2n) is 6.08. The Balaban J connectivity index is 0.00000288. The van der Waals surface area contributed by atoms with E-state index in [2.05, 4.69) is 57.1 Å². The maximum absolute atomic E-state index is 11.1. The molecule has 0 atom stereocenters. The SMILES string of the molecule is C=CC(=O)OCC[N+](C)(C)C1=CCC(=Cc2ccccc2)C=C1.[Br-]. The van der Waals surface area contributed by atoms with Crippen molar-refractivity contribution in [3.05, 3.63) is 78.0 Å². The van der Waals surface area contributed by atoms with E-state index in [9.17, 15) is 4.79 Å². The Hall–Kier alpha value is -1.91. The van der Waals surface area contributed by atoms with Crippen LogP contribution < -0.4 is 17.0 Å². The van der Waals surface area contributed by atoms with E-state index in [1.165, 1.54) is 22.9 Å². The Kier molecular flexibility index (Phi) is 7.89. The highest BCUT2D eigenvalue weighted by Crippen LogP contribution is 2.23. The monoisotopic (exact) mass is 389 g/mol. The number of quaternary nitrogens is 1. The molecule has 0 radical (unpaired) electrons. The summed E-state index contributed by atoms with van der Waals surface area (Å²) in [4.78, 5) is 11.1. The molecule has 1 aromatic carbocycles. The summed E-state index contributed by atoms with van der Waals surface area (Å²) in [6.45, 7) is 4.51. The zero-order chi connectivity index (χ0) is 16.7. The van der Waals surface area contributed by atoms with Gasteiger partial charge in [0.15, 0.2) is 0 Å². The molecular formula is C20H24BrNO2. The number of likely N-dealkylation sites (N-methyl/N-ethyl adjacent to an activating group) is 1. The summed E-state index contributed by atoms with van der Waals surface area (Å²) in [5.74, 6) is -0.369. The lowest BCUT2D eigenvalue weighted by atomic mass is 10.0. The van der Waals surface area contributed by atoms with Gasteiger partial charge < -0.3 is 21.7 Å². The van der Waals surface area contributed by atoms with Crippen LogP contribution >= 0.6 is 0 Å². The number of carbonyl (C=O) groups is 1. The van der Waals surface area contributed by atoms with Gasteiger partial charge >= 0.3 is 5.97 Å². The largest absolute Gasteiger partial charge is 1.00 e. The fourth-order valence-electron chi connectivity index (χ4n) is 2.43. The van der Waals surface area contributed by atoms with E-state index in [4.69, 9.17) is 4.74 Å². The number of hydrogen-bond donors (Lipinski definition) is 0. The van der Waals surface area contributed by atoms with Crippen LogP contribution in [0, 0.1) is 0 Å². The molecule has 0 unspecified atom stereocenters. The number of benzene rings is 1. The van der Waals surface area contributed by atoms with Crippen LogP contribution in [0.2, 0.25) is 0 Å². The van der Waals surface area contributed by atoms with E-state index < -0.39 is 0 Å². The van der Waals surface area contributed by atoms with E-state index in [0.717, 1.165) is 13.0 Å². The third kappa shape index (κ3) is 5.95. The van der Waals surface area contributed by atoms with Crippen molar-refractivity contribution in [2.75, 3.05) is 27.2 Å². The Bertz CT molecular complexity index is 657. The summed E-state index contributed by atoms with van der Waals surface area (Å²) in [7, 11) is 4.23. The molecule has 0 saturated carbocycles. The van der Waals surface area contributed by atoms with Gasteiger partial charge in [-0.1, -0.05) is 49.1 Å². The van der Waals surface area contributed by atoms with Gasteiger partial charge in [-0.3, -0.25) is 4.48 Å². The Morgan fingerprint density at radius 1 is 1.25 bits per heavy atom. The van der Waals surface area contributed by atoms with Crippen molar-refractivity contribution in [3.63, 3.8) is 0 Å². The number of ether oxygens (including phenoxy) is 1. The highest BCUT2D eigenvalue weighted by molar-refractivity contribution is 5.81. The maximum Gasteiger partial charge on any atom is 0.330 e. The molecule has 0 bridgehead atoms. The molecule has 0 aromatic heterocycles. The van der Waals surface area contributed by atoms with Gasteiger partial charge in [0.1, 0.15) is 18.8 Å². The Morgan fingerprint density at radius 2 is 1.96 bits per heavy atom. The van der Waals surface area contributed by atoms with E-state index >= 15 is 0 Å². The molecule has 0 heterocycles. The minimum absolute atomic E-state index is 0. The summed E-state index contributed by atoms with van der Waals surface area (Å²) in [6, 6.07) is 10.3. The van der Waals surface area contributed by atoms with Crippen molar-refractivity contribution in [3.8, 4) is 0 Å². The first-order valence-electron chi connectivity index (χ1n) is 7.78. The molecule has 1 aliphatic carbocycles. The fourth-order valence-corrected chi connectivity index (χ4v) is 2.43. The lowest BCUT2D eigenvalue weighted by Crippen LogP contribution is -3.00. The predicted molar refractivity (Wildman–Crippen MR) is 94.4 cm³/mol. The molecule has 0 aliphatic heterocycles. The van der Waals surface area contributed by atoms with Crippen LogP contribution in [0.3, 0.4) is 0 Å². The Morgan fingerprint density at radius 3 is 2.54 bits per heavy atom. The van der Waals surface area contributed by atoms with Crippen LogP contribution in [0.15, 0.2) is 72.5 Å². The maximum atomic E-state index is 11.1. The fraction of sp³-hybridized carbons (Fsp3) is 0.250. The number of halogens is 1. The first-order chi connectivity index (χ1) is 11.0. The van der Waals surface area contributed by atoms with E-state index in [1.807, 2.05) is 18.2 Å². The predicted octanol–water partition coefficient (Wildman–Crippen LogP) is 0.723. The summed E-state index contributed by atoms with van der Waals surface area (Å²) in [5.41, 5.74) is 3.73. The van der Waals surface area contributed by atoms with Gasteiger partial charge in [0.2, 0.25) is 0 Å². The van der Waals surface area contributed by atoms with Gasteiger partial charge in [0, 0.05) is 6.08 Å². The minimum atomic E-state index is -0.369. The van der Waals surface area contributed by atoms with Crippen molar-refractivity contribution < 1.29 is 31.0 Å². The van der Waals surface area contributed by atoms with E-state index in [-0.39, 0.29) is 23.0 Å². The smallest absolute Gasteiger partial charge is 0.330 e. The second-order valence-corrected chi connectivity index (χ2v) is 6.08. The molecule has 4 heteroatoms.